The molecule has 0 spiro atoms. The Hall–Kier alpha value is -3.97. The second-order valence-electron chi connectivity index (χ2n) is 6.03. The topological polar surface area (TPSA) is 86.0 Å². The lowest BCUT2D eigenvalue weighted by Crippen LogP contribution is -2.11. The van der Waals surface area contributed by atoms with Crippen LogP contribution in [0.4, 0.5) is 24.7 Å². The van der Waals surface area contributed by atoms with Gasteiger partial charge >= 0.3 is 6.18 Å². The van der Waals surface area contributed by atoms with E-state index in [-0.39, 0.29) is 11.6 Å². The molecule has 0 unspecified atom stereocenters. The molecule has 3 N–H and O–H groups in total. The summed E-state index contributed by atoms with van der Waals surface area (Å²) >= 11 is 0. The van der Waals surface area contributed by atoms with Crippen molar-refractivity contribution >= 4 is 22.7 Å². The Morgan fingerprint density at radius 1 is 1.00 bits per heavy atom. The highest BCUT2D eigenvalue weighted by Crippen LogP contribution is 2.31. The van der Waals surface area contributed by atoms with Gasteiger partial charge in [0.05, 0.1) is 12.1 Å². The number of nitrogens with one attached hydrogen (secondary N) is 1. The predicted molar refractivity (Wildman–Crippen MR) is 101 cm³/mol. The fourth-order valence-electron chi connectivity index (χ4n) is 2.81. The van der Waals surface area contributed by atoms with Gasteiger partial charge in [-0.2, -0.15) is 13.2 Å². The number of alkyl halides is 3. The Labute approximate surface area is 162 Å². The molecule has 0 aliphatic carbocycles. The van der Waals surface area contributed by atoms with E-state index in [4.69, 9.17) is 12.4 Å². The molecule has 0 aliphatic rings. The number of nitrogen functional groups attached to an aromatic ring is 1. The summed E-state index contributed by atoms with van der Waals surface area (Å²) in [6, 6.07) is 11.3. The molecule has 10 heteroatoms. The monoisotopic (exact) mass is 395 g/mol. The minimum absolute atomic E-state index is 0.193. The van der Waals surface area contributed by atoms with E-state index in [0.29, 0.717) is 28.1 Å². The summed E-state index contributed by atoms with van der Waals surface area (Å²) in [5.41, 5.74) is 4.10. The quantitative estimate of drug-likeness (QED) is 0.306. The predicted octanol–water partition coefficient (Wildman–Crippen LogP) is 4.34. The van der Waals surface area contributed by atoms with Gasteiger partial charge in [-0.25, -0.2) is 25.6 Å². The first-order chi connectivity index (χ1) is 13.9. The van der Waals surface area contributed by atoms with Crippen LogP contribution in [-0.2, 0) is 6.18 Å². The van der Waals surface area contributed by atoms with E-state index in [1.807, 2.05) is 0 Å². The molecule has 0 fully saturated rings. The molecule has 0 amide bonds. The number of hydrogen-bond donors (Lipinski definition) is 2. The summed E-state index contributed by atoms with van der Waals surface area (Å²) in [6.45, 7) is 7.04. The van der Waals surface area contributed by atoms with Gasteiger partial charge in [-0.1, -0.05) is 24.3 Å². The summed E-state index contributed by atoms with van der Waals surface area (Å²) in [5, 5.41) is 0. The van der Waals surface area contributed by atoms with Gasteiger partial charge < -0.3 is 5.43 Å². The molecule has 2 heterocycles. The Balaban J connectivity index is 1.85. The van der Waals surface area contributed by atoms with Gasteiger partial charge in [0, 0.05) is 11.3 Å². The maximum atomic E-state index is 12.8. The van der Waals surface area contributed by atoms with Crippen LogP contribution < -0.4 is 11.3 Å². The molecule has 0 bridgehead atoms. The SMILES string of the molecule is [C-]#[N+]c1ccc(-n2cnc3c(NN)nc(-c4ccc(C(F)(F)F)cc4)nc32)cc1. The summed E-state index contributed by atoms with van der Waals surface area (Å²) < 4.78 is 40.1. The smallest absolute Gasteiger partial charge is 0.306 e. The van der Waals surface area contributed by atoms with Crippen molar-refractivity contribution in [1.29, 1.82) is 0 Å². The lowest BCUT2D eigenvalue weighted by Gasteiger charge is -2.09. The minimum atomic E-state index is -4.43. The fraction of sp³-hybridized carbons (Fsp3) is 0.0526. The molecular weight excluding hydrogens is 383 g/mol. The first kappa shape index (κ1) is 18.4. The molecule has 4 aromatic rings. The third-order valence-corrected chi connectivity index (χ3v) is 4.26. The number of nitrogens with zero attached hydrogens (tertiary/aromatic N) is 5. The number of fused-ring (bicyclic) bond motifs is 1. The zero-order chi connectivity index (χ0) is 20.6. The second-order valence-corrected chi connectivity index (χ2v) is 6.03. The van der Waals surface area contributed by atoms with Crippen molar-refractivity contribution in [3.63, 3.8) is 0 Å². The Morgan fingerprint density at radius 2 is 1.69 bits per heavy atom. The van der Waals surface area contributed by atoms with Gasteiger partial charge in [-0.15, -0.1) is 0 Å². The third-order valence-electron chi connectivity index (χ3n) is 4.26. The average Bonchev–Trinajstić information content (AvgIpc) is 3.16. The summed E-state index contributed by atoms with van der Waals surface area (Å²) in [5.74, 6) is 5.99. The summed E-state index contributed by atoms with van der Waals surface area (Å²) in [6.07, 6.45) is -2.90. The van der Waals surface area contributed by atoms with Crippen LogP contribution in [0.5, 0.6) is 0 Å². The fourth-order valence-corrected chi connectivity index (χ4v) is 2.81. The lowest BCUT2D eigenvalue weighted by molar-refractivity contribution is -0.137. The molecular formula is C19H12F3N7. The molecule has 29 heavy (non-hydrogen) atoms. The molecule has 2 aromatic heterocycles. The number of anilines is 1. The van der Waals surface area contributed by atoms with Crippen molar-refractivity contribution in [1.82, 2.24) is 19.5 Å². The van der Waals surface area contributed by atoms with E-state index in [1.165, 1.54) is 18.5 Å². The van der Waals surface area contributed by atoms with E-state index in [1.54, 1.807) is 28.8 Å². The van der Waals surface area contributed by atoms with Crippen molar-refractivity contribution < 1.29 is 13.2 Å². The minimum Gasteiger partial charge on any atom is -0.306 e. The first-order valence-corrected chi connectivity index (χ1v) is 8.28. The number of hydrogen-bond acceptors (Lipinski definition) is 5. The Morgan fingerprint density at radius 3 is 2.28 bits per heavy atom. The highest BCUT2D eigenvalue weighted by molar-refractivity contribution is 5.86. The number of aromatic nitrogens is 4. The van der Waals surface area contributed by atoms with Gasteiger partial charge in [0.25, 0.3) is 0 Å². The van der Waals surface area contributed by atoms with E-state index in [0.717, 1.165) is 12.1 Å². The second kappa shape index (κ2) is 6.88. The van der Waals surface area contributed by atoms with E-state index in [9.17, 15) is 13.2 Å². The van der Waals surface area contributed by atoms with Crippen LogP contribution in [0.25, 0.3) is 33.1 Å². The van der Waals surface area contributed by atoms with Crippen LogP contribution in [-0.4, -0.2) is 19.5 Å². The summed E-state index contributed by atoms with van der Waals surface area (Å²) in [7, 11) is 0. The highest BCUT2D eigenvalue weighted by atomic mass is 19.4. The van der Waals surface area contributed by atoms with Crippen LogP contribution >= 0.6 is 0 Å². The van der Waals surface area contributed by atoms with Crippen molar-refractivity contribution in [3.05, 3.63) is 71.8 Å². The average molecular weight is 395 g/mol. The van der Waals surface area contributed by atoms with Crippen LogP contribution in [0.15, 0.2) is 54.9 Å². The zero-order valence-electron chi connectivity index (χ0n) is 14.6. The molecule has 0 aliphatic heterocycles. The van der Waals surface area contributed by atoms with E-state index in [2.05, 4.69) is 25.2 Å². The van der Waals surface area contributed by atoms with E-state index >= 15 is 0 Å². The maximum absolute atomic E-state index is 12.8. The summed E-state index contributed by atoms with van der Waals surface area (Å²) in [4.78, 5) is 16.4. The maximum Gasteiger partial charge on any atom is 0.416 e. The normalized spacial score (nSPS) is 11.4. The van der Waals surface area contributed by atoms with Crippen molar-refractivity contribution in [3.8, 4) is 17.1 Å². The van der Waals surface area contributed by atoms with Gasteiger partial charge in [0.1, 0.15) is 6.33 Å². The van der Waals surface area contributed by atoms with Crippen LogP contribution in [0.2, 0.25) is 0 Å². The molecule has 2 aromatic carbocycles. The zero-order valence-corrected chi connectivity index (χ0v) is 14.6. The molecule has 0 atom stereocenters. The van der Waals surface area contributed by atoms with Crippen LogP contribution in [0.1, 0.15) is 5.56 Å². The number of halogens is 3. The van der Waals surface area contributed by atoms with Gasteiger partial charge in [-0.3, -0.25) is 4.57 Å². The molecule has 0 radical (unpaired) electrons. The number of imidazole rings is 1. The van der Waals surface area contributed by atoms with Crippen LogP contribution in [0, 0.1) is 6.57 Å². The number of hydrazine groups is 1. The molecule has 0 saturated carbocycles. The first-order valence-electron chi connectivity index (χ1n) is 8.28. The van der Waals surface area contributed by atoms with E-state index < -0.39 is 11.7 Å². The largest absolute Gasteiger partial charge is 0.416 e. The number of rotatable bonds is 3. The lowest BCUT2D eigenvalue weighted by atomic mass is 10.1. The molecule has 7 nitrogen and oxygen atoms in total. The Bertz CT molecular complexity index is 1220. The Kier molecular flexibility index (Phi) is 4.37. The molecule has 0 saturated heterocycles. The number of nitrogens with two attached hydrogens (primary N) is 1. The van der Waals surface area contributed by atoms with Gasteiger partial charge in [0.2, 0.25) is 0 Å². The van der Waals surface area contributed by atoms with Crippen molar-refractivity contribution in [2.24, 2.45) is 5.84 Å². The van der Waals surface area contributed by atoms with Gasteiger partial charge in [0.15, 0.2) is 28.5 Å². The standard InChI is InChI=1S/C19H12F3N7/c1-24-13-6-8-14(9-7-13)29-10-25-15-17(28-23)26-16(27-18(15)29)11-2-4-12(5-3-11)19(20,21)22/h2-10H,23H2,(H,26,27,28). The molecule has 4 rings (SSSR count). The number of benzene rings is 2. The highest BCUT2D eigenvalue weighted by Gasteiger charge is 2.30. The van der Waals surface area contributed by atoms with Crippen molar-refractivity contribution in [2.45, 2.75) is 6.18 Å². The van der Waals surface area contributed by atoms with Gasteiger partial charge in [-0.05, 0) is 24.3 Å². The third kappa shape index (κ3) is 3.35. The van der Waals surface area contributed by atoms with Crippen LogP contribution in [0.3, 0.4) is 0 Å². The van der Waals surface area contributed by atoms with Crippen molar-refractivity contribution in [2.75, 3.05) is 5.43 Å². The molecule has 144 valence electrons.